The molecule has 2 fully saturated rings. The molecule has 0 aromatic carbocycles. The van der Waals surface area contributed by atoms with Gasteiger partial charge in [-0.15, -0.1) is 0 Å². The van der Waals surface area contributed by atoms with Crippen molar-refractivity contribution in [3.8, 4) is 0 Å². The summed E-state index contributed by atoms with van der Waals surface area (Å²) < 4.78 is 0. The van der Waals surface area contributed by atoms with Crippen LogP contribution in [-0.2, 0) is 4.79 Å². The molecule has 0 aliphatic heterocycles. The highest BCUT2D eigenvalue weighted by Gasteiger charge is 2.38. The molecule has 0 aromatic heterocycles. The smallest absolute Gasteiger partial charge is 0.127 e. The van der Waals surface area contributed by atoms with Gasteiger partial charge in [-0.25, -0.2) is 0 Å². The van der Waals surface area contributed by atoms with E-state index in [9.17, 15) is 4.79 Å². The van der Waals surface area contributed by atoms with Crippen molar-refractivity contribution in [2.24, 2.45) is 17.3 Å². The van der Waals surface area contributed by atoms with Crippen LogP contribution < -0.4 is 0 Å². The second-order valence-corrected chi connectivity index (χ2v) is 7.94. The van der Waals surface area contributed by atoms with E-state index in [4.69, 9.17) is 0 Å². The summed E-state index contributed by atoms with van der Waals surface area (Å²) in [7, 11) is 0. The van der Waals surface area contributed by atoms with E-state index in [1.54, 1.807) is 0 Å². The monoisotopic (exact) mass is 279 g/mol. The zero-order chi connectivity index (χ0) is 14.6. The molecule has 2 aliphatic carbocycles. The SMILES string of the molecule is CC(C)CN(CC1(C=O)CCCC(C)C1)C1CCCC1. The number of aldehydes is 1. The van der Waals surface area contributed by atoms with Crippen LogP contribution in [-0.4, -0.2) is 30.3 Å². The Morgan fingerprint density at radius 3 is 2.45 bits per heavy atom. The number of carbonyl (C=O) groups is 1. The Morgan fingerprint density at radius 1 is 1.20 bits per heavy atom. The molecule has 2 saturated carbocycles. The van der Waals surface area contributed by atoms with E-state index in [0.29, 0.717) is 5.92 Å². The van der Waals surface area contributed by atoms with E-state index in [1.165, 1.54) is 44.8 Å². The van der Waals surface area contributed by atoms with Crippen LogP contribution in [0.15, 0.2) is 0 Å². The minimum absolute atomic E-state index is 0.0465. The van der Waals surface area contributed by atoms with Gasteiger partial charge in [0.2, 0.25) is 0 Å². The van der Waals surface area contributed by atoms with E-state index >= 15 is 0 Å². The van der Waals surface area contributed by atoms with Gasteiger partial charge in [0.25, 0.3) is 0 Å². The Kier molecular flexibility index (Phi) is 5.65. The fourth-order valence-electron chi connectivity index (χ4n) is 4.47. The maximum Gasteiger partial charge on any atom is 0.127 e. The van der Waals surface area contributed by atoms with Gasteiger partial charge in [-0.05, 0) is 37.5 Å². The van der Waals surface area contributed by atoms with Crippen LogP contribution >= 0.6 is 0 Å². The summed E-state index contributed by atoms with van der Waals surface area (Å²) in [4.78, 5) is 14.5. The molecule has 0 heterocycles. The molecule has 2 aliphatic rings. The summed E-state index contributed by atoms with van der Waals surface area (Å²) in [5.74, 6) is 1.42. The summed E-state index contributed by atoms with van der Waals surface area (Å²) in [6, 6.07) is 0.742. The van der Waals surface area contributed by atoms with E-state index in [2.05, 4.69) is 25.7 Å². The first-order chi connectivity index (χ1) is 9.54. The normalized spacial score (nSPS) is 32.1. The molecule has 0 aromatic rings. The Labute approximate surface area is 125 Å². The summed E-state index contributed by atoms with van der Waals surface area (Å²) in [5.41, 5.74) is -0.0465. The molecule has 0 radical (unpaired) electrons. The Hall–Kier alpha value is -0.370. The number of rotatable bonds is 6. The average molecular weight is 279 g/mol. The lowest BCUT2D eigenvalue weighted by Crippen LogP contribution is -2.46. The van der Waals surface area contributed by atoms with Crippen molar-refractivity contribution in [1.29, 1.82) is 0 Å². The average Bonchev–Trinajstić information content (AvgIpc) is 2.91. The summed E-state index contributed by atoms with van der Waals surface area (Å²) in [5, 5.41) is 0. The molecule has 116 valence electrons. The lowest BCUT2D eigenvalue weighted by molar-refractivity contribution is -0.120. The molecule has 20 heavy (non-hydrogen) atoms. The van der Waals surface area contributed by atoms with E-state index < -0.39 is 0 Å². The van der Waals surface area contributed by atoms with Crippen LogP contribution in [0.25, 0.3) is 0 Å². The minimum atomic E-state index is -0.0465. The van der Waals surface area contributed by atoms with Gasteiger partial charge in [-0.2, -0.15) is 0 Å². The molecule has 0 amide bonds. The van der Waals surface area contributed by atoms with E-state index in [0.717, 1.165) is 37.9 Å². The third-order valence-electron chi connectivity index (χ3n) is 5.34. The van der Waals surface area contributed by atoms with Crippen molar-refractivity contribution < 1.29 is 4.79 Å². The maximum atomic E-state index is 11.8. The van der Waals surface area contributed by atoms with E-state index in [-0.39, 0.29) is 5.41 Å². The quantitative estimate of drug-likeness (QED) is 0.676. The molecule has 0 N–H and O–H groups in total. The summed E-state index contributed by atoms with van der Waals surface area (Å²) in [6.07, 6.45) is 11.5. The third kappa shape index (κ3) is 4.07. The van der Waals surface area contributed by atoms with Crippen LogP contribution in [0.1, 0.15) is 72.1 Å². The van der Waals surface area contributed by atoms with Crippen LogP contribution in [0.5, 0.6) is 0 Å². The Balaban J connectivity index is 2.05. The fourth-order valence-corrected chi connectivity index (χ4v) is 4.47. The lowest BCUT2D eigenvalue weighted by atomic mass is 9.70. The van der Waals surface area contributed by atoms with Crippen LogP contribution in [0.2, 0.25) is 0 Å². The molecular formula is C18H33NO. The number of hydrogen-bond donors (Lipinski definition) is 0. The molecule has 0 bridgehead atoms. The lowest BCUT2D eigenvalue weighted by Gasteiger charge is -2.42. The molecule has 2 atom stereocenters. The molecule has 2 rings (SSSR count). The van der Waals surface area contributed by atoms with Crippen LogP contribution in [0.4, 0.5) is 0 Å². The van der Waals surface area contributed by atoms with Crippen molar-refractivity contribution >= 4 is 6.29 Å². The highest BCUT2D eigenvalue weighted by atomic mass is 16.1. The van der Waals surface area contributed by atoms with Gasteiger partial charge in [0, 0.05) is 24.5 Å². The van der Waals surface area contributed by atoms with Gasteiger partial charge in [-0.3, -0.25) is 4.90 Å². The minimum Gasteiger partial charge on any atom is -0.303 e. The molecule has 0 spiro atoms. The molecule has 0 saturated heterocycles. The van der Waals surface area contributed by atoms with Crippen molar-refractivity contribution in [3.05, 3.63) is 0 Å². The second-order valence-electron chi connectivity index (χ2n) is 7.94. The van der Waals surface area contributed by atoms with Crippen LogP contribution in [0.3, 0.4) is 0 Å². The predicted molar refractivity (Wildman–Crippen MR) is 84.8 cm³/mol. The largest absolute Gasteiger partial charge is 0.303 e. The highest BCUT2D eigenvalue weighted by Crippen LogP contribution is 2.39. The molecule has 2 nitrogen and oxygen atoms in total. The van der Waals surface area contributed by atoms with Crippen molar-refractivity contribution in [2.45, 2.75) is 78.2 Å². The Morgan fingerprint density at radius 2 is 1.90 bits per heavy atom. The van der Waals surface area contributed by atoms with Gasteiger partial charge in [-0.1, -0.05) is 46.5 Å². The summed E-state index contributed by atoms with van der Waals surface area (Å²) >= 11 is 0. The zero-order valence-corrected chi connectivity index (χ0v) is 13.7. The van der Waals surface area contributed by atoms with Crippen LogP contribution in [0, 0.1) is 17.3 Å². The van der Waals surface area contributed by atoms with Gasteiger partial charge in [0.1, 0.15) is 6.29 Å². The first kappa shape index (κ1) is 16.0. The maximum absolute atomic E-state index is 11.8. The first-order valence-corrected chi connectivity index (χ1v) is 8.75. The fraction of sp³-hybridized carbons (Fsp3) is 0.944. The Bertz CT molecular complexity index is 309. The standard InChI is InChI=1S/C18H33NO/c1-15(2)12-19(17-8-4-5-9-17)13-18(14-20)10-6-7-16(3)11-18/h14-17H,4-13H2,1-3H3. The molecular weight excluding hydrogens is 246 g/mol. The first-order valence-electron chi connectivity index (χ1n) is 8.75. The van der Waals surface area contributed by atoms with Gasteiger partial charge in [0.05, 0.1) is 0 Å². The zero-order valence-electron chi connectivity index (χ0n) is 13.7. The van der Waals surface area contributed by atoms with Gasteiger partial charge < -0.3 is 4.79 Å². The van der Waals surface area contributed by atoms with Crippen molar-refractivity contribution in [2.75, 3.05) is 13.1 Å². The number of hydrogen-bond acceptors (Lipinski definition) is 2. The number of carbonyl (C=O) groups excluding carboxylic acids is 1. The number of nitrogens with zero attached hydrogens (tertiary/aromatic N) is 1. The summed E-state index contributed by atoms with van der Waals surface area (Å²) in [6.45, 7) is 9.11. The van der Waals surface area contributed by atoms with E-state index in [1.807, 2.05) is 0 Å². The third-order valence-corrected chi connectivity index (χ3v) is 5.34. The molecule has 2 heteroatoms. The topological polar surface area (TPSA) is 20.3 Å². The second kappa shape index (κ2) is 7.06. The van der Waals surface area contributed by atoms with Gasteiger partial charge >= 0.3 is 0 Å². The van der Waals surface area contributed by atoms with Crippen molar-refractivity contribution in [3.63, 3.8) is 0 Å². The van der Waals surface area contributed by atoms with Gasteiger partial charge in [0.15, 0.2) is 0 Å². The van der Waals surface area contributed by atoms with Crippen molar-refractivity contribution in [1.82, 2.24) is 4.90 Å². The molecule has 2 unspecified atom stereocenters. The predicted octanol–water partition coefficient (Wildman–Crippen LogP) is 4.28. The highest BCUT2D eigenvalue weighted by molar-refractivity contribution is 5.60.